The van der Waals surface area contributed by atoms with E-state index in [-0.39, 0.29) is 0 Å². The van der Waals surface area contributed by atoms with E-state index < -0.39 is 0 Å². The quantitative estimate of drug-likeness (QED) is 0.731. The van der Waals surface area contributed by atoms with Crippen molar-refractivity contribution >= 4 is 45.3 Å². The number of nitrogens with zero attached hydrogens (tertiary/aromatic N) is 1. The Balaban J connectivity index is 2.50. The van der Waals surface area contributed by atoms with E-state index in [0.717, 1.165) is 10.7 Å². The van der Waals surface area contributed by atoms with E-state index in [2.05, 4.69) is 43.7 Å². The van der Waals surface area contributed by atoms with Crippen molar-refractivity contribution in [2.45, 2.75) is 6.92 Å². The fourth-order valence-electron chi connectivity index (χ4n) is 0.951. The smallest absolute Gasteiger partial charge is 0.0901 e. The molecule has 0 amide bonds. The topological polar surface area (TPSA) is 12.9 Å². The second-order valence-electron chi connectivity index (χ2n) is 2.39. The summed E-state index contributed by atoms with van der Waals surface area (Å²) in [6.45, 7) is 2.04. The van der Waals surface area contributed by atoms with E-state index in [0.29, 0.717) is 0 Å². The summed E-state index contributed by atoms with van der Waals surface area (Å²) in [5, 5.41) is 7.53. The van der Waals surface area contributed by atoms with Gasteiger partial charge in [0.1, 0.15) is 0 Å². The zero-order chi connectivity index (χ0) is 8.55. The molecule has 0 unspecified atom stereocenters. The van der Waals surface area contributed by atoms with Crippen LogP contribution in [0.5, 0.6) is 0 Å². The van der Waals surface area contributed by atoms with Crippen LogP contribution in [0.25, 0.3) is 11.3 Å². The van der Waals surface area contributed by atoms with Gasteiger partial charge < -0.3 is 0 Å². The van der Waals surface area contributed by atoms with E-state index in [4.69, 9.17) is 0 Å². The number of aromatic nitrogens is 1. The molecule has 0 saturated heterocycles. The van der Waals surface area contributed by atoms with Crippen LogP contribution >= 0.6 is 45.3 Å². The van der Waals surface area contributed by atoms with Crippen molar-refractivity contribution in [2.24, 2.45) is 0 Å². The van der Waals surface area contributed by atoms with Gasteiger partial charge in [-0.25, -0.2) is 4.98 Å². The molecule has 0 aliphatic rings. The van der Waals surface area contributed by atoms with Crippen molar-refractivity contribution in [3.63, 3.8) is 0 Å². The van der Waals surface area contributed by atoms with Gasteiger partial charge in [0.2, 0.25) is 0 Å². The van der Waals surface area contributed by atoms with Crippen LogP contribution in [-0.2, 0) is 0 Å². The van der Waals surface area contributed by atoms with Crippen LogP contribution in [0.1, 0.15) is 5.01 Å². The third-order valence-electron chi connectivity index (χ3n) is 1.51. The second kappa shape index (κ2) is 3.43. The number of hydrogen-bond acceptors (Lipinski definition) is 3. The molecule has 0 saturated carbocycles. The molecule has 62 valence electrons. The fourth-order valence-corrected chi connectivity index (χ4v) is 3.35. The van der Waals surface area contributed by atoms with Crippen LogP contribution in [0.3, 0.4) is 0 Å². The Morgan fingerprint density at radius 1 is 1.33 bits per heavy atom. The largest absolute Gasteiger partial charge is 0.241 e. The minimum absolute atomic E-state index is 1.11. The monoisotopic (exact) mass is 307 g/mol. The Morgan fingerprint density at radius 3 is 2.67 bits per heavy atom. The normalized spacial score (nSPS) is 10.5. The second-order valence-corrected chi connectivity index (χ2v) is 5.35. The summed E-state index contributed by atoms with van der Waals surface area (Å²) in [4.78, 5) is 4.43. The summed E-state index contributed by atoms with van der Waals surface area (Å²) < 4.78 is 1.29. The highest BCUT2D eigenvalue weighted by molar-refractivity contribution is 14.1. The molecule has 0 aliphatic heterocycles. The number of aryl methyl sites for hydroxylation is 1. The van der Waals surface area contributed by atoms with Crippen molar-refractivity contribution in [2.75, 3.05) is 0 Å². The van der Waals surface area contributed by atoms with Gasteiger partial charge in [-0.1, -0.05) is 0 Å². The molecule has 4 heteroatoms. The summed E-state index contributed by atoms with van der Waals surface area (Å²) in [7, 11) is 0. The van der Waals surface area contributed by atoms with Gasteiger partial charge in [-0.05, 0) is 29.5 Å². The fraction of sp³-hybridized carbons (Fsp3) is 0.125. The standard InChI is InChI=1S/C8H6INS2/c1-5-10-8(4-12-5)6-2-11-3-7(6)9/h2-4H,1H3. The lowest BCUT2D eigenvalue weighted by Gasteiger charge is -1.90. The molecule has 0 aliphatic carbocycles. The Labute approximate surface area is 92.6 Å². The first-order valence-corrected chi connectivity index (χ1v) is 6.31. The average molecular weight is 307 g/mol. The van der Waals surface area contributed by atoms with Gasteiger partial charge in [-0.2, -0.15) is 11.3 Å². The van der Waals surface area contributed by atoms with Crippen molar-refractivity contribution in [1.82, 2.24) is 4.98 Å². The molecule has 0 radical (unpaired) electrons. The first-order valence-electron chi connectivity index (χ1n) is 3.41. The lowest BCUT2D eigenvalue weighted by atomic mass is 10.3. The Morgan fingerprint density at radius 2 is 2.17 bits per heavy atom. The third-order valence-corrected chi connectivity index (χ3v) is 4.34. The minimum atomic E-state index is 1.11. The van der Waals surface area contributed by atoms with Crippen molar-refractivity contribution in [1.29, 1.82) is 0 Å². The van der Waals surface area contributed by atoms with Crippen molar-refractivity contribution in [3.8, 4) is 11.3 Å². The molecule has 2 rings (SSSR count). The molecule has 0 fully saturated rings. The predicted molar refractivity (Wildman–Crippen MR) is 62.9 cm³/mol. The van der Waals surface area contributed by atoms with Gasteiger partial charge in [-0.3, -0.25) is 0 Å². The van der Waals surface area contributed by atoms with Crippen LogP contribution in [0.15, 0.2) is 16.1 Å². The Bertz CT molecular complexity index is 391. The molecule has 0 N–H and O–H groups in total. The number of rotatable bonds is 1. The third kappa shape index (κ3) is 1.55. The summed E-state index contributed by atoms with van der Waals surface area (Å²) in [6, 6.07) is 0. The molecule has 1 nitrogen and oxygen atoms in total. The average Bonchev–Trinajstić information content (AvgIpc) is 2.58. The van der Waals surface area contributed by atoms with Crippen molar-refractivity contribution in [3.05, 3.63) is 24.7 Å². The van der Waals surface area contributed by atoms with E-state index >= 15 is 0 Å². The molecule has 2 aromatic rings. The lowest BCUT2D eigenvalue weighted by Crippen LogP contribution is -1.76. The van der Waals surface area contributed by atoms with Crippen LogP contribution in [-0.4, -0.2) is 4.98 Å². The Hall–Kier alpha value is 0.0600. The van der Waals surface area contributed by atoms with Crippen LogP contribution < -0.4 is 0 Å². The predicted octanol–water partition coefficient (Wildman–Crippen LogP) is 3.78. The highest BCUT2D eigenvalue weighted by Gasteiger charge is 2.06. The van der Waals surface area contributed by atoms with Crippen LogP contribution in [0, 0.1) is 10.5 Å². The molecule has 12 heavy (non-hydrogen) atoms. The highest BCUT2D eigenvalue weighted by Crippen LogP contribution is 2.29. The summed E-state index contributed by atoms with van der Waals surface area (Å²) in [5.41, 5.74) is 2.38. The van der Waals surface area contributed by atoms with Gasteiger partial charge in [-0.15, -0.1) is 11.3 Å². The first kappa shape index (κ1) is 8.65. The SMILES string of the molecule is Cc1nc(-c2cscc2I)cs1. The highest BCUT2D eigenvalue weighted by atomic mass is 127. The Kier molecular flexibility index (Phi) is 2.47. The van der Waals surface area contributed by atoms with E-state index in [9.17, 15) is 0 Å². The zero-order valence-electron chi connectivity index (χ0n) is 6.37. The molecular formula is C8H6INS2. The zero-order valence-corrected chi connectivity index (χ0v) is 10.2. The summed E-state index contributed by atoms with van der Waals surface area (Å²) >= 11 is 5.77. The van der Waals surface area contributed by atoms with Gasteiger partial charge in [0.25, 0.3) is 0 Å². The van der Waals surface area contributed by atoms with Gasteiger partial charge >= 0.3 is 0 Å². The van der Waals surface area contributed by atoms with Gasteiger partial charge in [0.15, 0.2) is 0 Å². The van der Waals surface area contributed by atoms with Crippen LogP contribution in [0.4, 0.5) is 0 Å². The van der Waals surface area contributed by atoms with Gasteiger partial charge in [0.05, 0.1) is 10.7 Å². The molecule has 0 aromatic carbocycles. The molecule has 2 heterocycles. The molecule has 0 spiro atoms. The summed E-state index contributed by atoms with van der Waals surface area (Å²) in [6.07, 6.45) is 0. The molecule has 0 atom stereocenters. The van der Waals surface area contributed by atoms with Crippen molar-refractivity contribution < 1.29 is 0 Å². The maximum atomic E-state index is 4.43. The summed E-state index contributed by atoms with van der Waals surface area (Å²) in [5.74, 6) is 0. The first-order chi connectivity index (χ1) is 5.77. The maximum absolute atomic E-state index is 4.43. The van der Waals surface area contributed by atoms with Gasteiger partial charge in [0, 0.05) is 25.3 Å². The number of halogens is 1. The van der Waals surface area contributed by atoms with Crippen LogP contribution in [0.2, 0.25) is 0 Å². The molecule has 2 aromatic heterocycles. The maximum Gasteiger partial charge on any atom is 0.0901 e. The van der Waals surface area contributed by atoms with E-state index in [1.54, 1.807) is 22.7 Å². The van der Waals surface area contributed by atoms with E-state index in [1.807, 2.05) is 6.92 Å². The minimum Gasteiger partial charge on any atom is -0.241 e. The molecule has 0 bridgehead atoms. The molecular weight excluding hydrogens is 301 g/mol. The number of hydrogen-bond donors (Lipinski definition) is 0. The van der Waals surface area contributed by atoms with E-state index in [1.165, 1.54) is 9.13 Å². The lowest BCUT2D eigenvalue weighted by molar-refractivity contribution is 1.30. The number of thiophene rings is 1. The number of thiazole rings is 1.